The number of aromatic nitrogens is 8. The number of aromatic amines is 2. The highest BCUT2D eigenvalue weighted by atomic mass is 32.2. The molecule has 120 heavy (non-hydrogen) atoms. The Labute approximate surface area is 676 Å². The number of hydrogen-bond acceptors (Lipinski definition) is 29. The molecule has 2 aliphatic rings. The van der Waals surface area contributed by atoms with Crippen molar-refractivity contribution in [3.63, 3.8) is 0 Å². The van der Waals surface area contributed by atoms with E-state index in [4.69, 9.17) is 9.47 Å². The van der Waals surface area contributed by atoms with E-state index in [0.29, 0.717) is 5.56 Å². The Bertz CT molecular complexity index is 7570. The highest BCUT2D eigenvalue weighted by molar-refractivity contribution is 7.87. The molecule has 0 atom stereocenters. The minimum atomic E-state index is -5.18. The summed E-state index contributed by atoms with van der Waals surface area (Å²) < 4.78 is 189. The quantitative estimate of drug-likeness (QED) is 0.0136. The fourth-order valence-corrected chi connectivity index (χ4v) is 16.7. The first kappa shape index (κ1) is 79.3. The van der Waals surface area contributed by atoms with E-state index in [1.165, 1.54) is 97.1 Å². The van der Waals surface area contributed by atoms with Crippen LogP contribution < -0.4 is 47.2 Å². The van der Waals surface area contributed by atoms with Crippen LogP contribution in [0.15, 0.2) is 246 Å². The van der Waals surface area contributed by atoms with Gasteiger partial charge >= 0.3 is 12.0 Å². The number of H-pyrrole nitrogens is 2. The van der Waals surface area contributed by atoms with E-state index in [0.717, 1.165) is 60.7 Å². The van der Waals surface area contributed by atoms with Gasteiger partial charge in [-0.2, -0.15) is 72.0 Å². The molecule has 41 heteroatoms. The summed E-state index contributed by atoms with van der Waals surface area (Å²) in [5, 5.41) is 15.0. The van der Waals surface area contributed by atoms with Crippen molar-refractivity contribution >= 4 is 142 Å². The van der Waals surface area contributed by atoms with Gasteiger partial charge in [-0.15, -0.1) is 0 Å². The molecule has 0 spiro atoms. The van der Waals surface area contributed by atoms with Gasteiger partial charge in [0.25, 0.3) is 61.7 Å². The molecule has 16 rings (SSSR count). The molecule has 10 aromatic carbocycles. The van der Waals surface area contributed by atoms with Gasteiger partial charge in [0.1, 0.15) is 22.2 Å². The number of carbonyl (C=O) groups is 4. The van der Waals surface area contributed by atoms with Crippen molar-refractivity contribution in [1.29, 1.82) is 0 Å². The molecule has 4 heterocycles. The highest BCUT2D eigenvalue weighted by Crippen LogP contribution is 2.47. The van der Waals surface area contributed by atoms with E-state index in [-0.39, 0.29) is 148 Å². The summed E-state index contributed by atoms with van der Waals surface area (Å²) in [6, 6.07) is 45.2. The number of fused-ring (bicyclic) bond motifs is 4. The van der Waals surface area contributed by atoms with Gasteiger partial charge in [0, 0.05) is 98.2 Å². The smallest absolute Gasteiger partial charge is 0.328 e. The zero-order valence-corrected chi connectivity index (χ0v) is 64.7. The zero-order valence-electron chi connectivity index (χ0n) is 60.6. The number of ketones is 4. The molecule has 0 bridgehead atoms. The summed E-state index contributed by atoms with van der Waals surface area (Å²) in [7, 11) is -24.7. The van der Waals surface area contributed by atoms with Gasteiger partial charge in [-0.3, -0.25) is 51.5 Å². The Morgan fingerprint density at radius 1 is 0.367 bits per heavy atom. The molecule has 602 valence electrons. The van der Waals surface area contributed by atoms with E-state index in [1.54, 1.807) is 54.6 Å². The van der Waals surface area contributed by atoms with Crippen LogP contribution in [0.3, 0.4) is 0 Å². The van der Waals surface area contributed by atoms with E-state index < -0.39 is 145 Å². The highest BCUT2D eigenvalue weighted by Gasteiger charge is 2.37. The Kier molecular flexibility index (Phi) is 20.2. The maximum Gasteiger partial charge on any atom is 0.328 e. The van der Waals surface area contributed by atoms with Crippen LogP contribution in [0.2, 0.25) is 0 Å². The molecule has 14 aromatic rings. The third-order valence-corrected chi connectivity index (χ3v) is 23.3. The molecule has 0 amide bonds. The molecule has 12 N–H and O–H groups in total. The van der Waals surface area contributed by atoms with Crippen LogP contribution in [0.4, 0.5) is 46.3 Å². The Balaban J connectivity index is 0.719. The molecular weight excluding hydrogens is 1660 g/mol. The lowest BCUT2D eigenvalue weighted by Gasteiger charge is -2.24. The predicted molar refractivity (Wildman–Crippen MR) is 431 cm³/mol. The number of benzene rings is 10. The first-order valence-corrected chi connectivity index (χ1v) is 42.3. The summed E-state index contributed by atoms with van der Waals surface area (Å²) in [4.78, 5) is 115. The fraction of sp³-hybridized carbons (Fsp3) is 0.0380. The lowest BCUT2D eigenvalue weighted by atomic mass is 9.80. The predicted octanol–water partition coefficient (Wildman–Crippen LogP) is 10.8. The van der Waals surface area contributed by atoms with E-state index in [1.807, 2.05) is 0 Å². The van der Waals surface area contributed by atoms with Crippen molar-refractivity contribution in [2.45, 2.75) is 30.9 Å². The Morgan fingerprint density at radius 2 is 0.808 bits per heavy atom. The van der Waals surface area contributed by atoms with Crippen LogP contribution in [-0.4, -0.2) is 141 Å². The average Bonchev–Trinajstić information content (AvgIpc) is 0.716. The van der Waals surface area contributed by atoms with Crippen molar-refractivity contribution in [3.05, 3.63) is 289 Å². The minimum absolute atomic E-state index is 0.0193. The van der Waals surface area contributed by atoms with Crippen molar-refractivity contribution in [2.75, 3.05) is 39.7 Å². The second kappa shape index (κ2) is 30.5. The molecular formula is C79H53N13O23S5. The van der Waals surface area contributed by atoms with E-state index in [2.05, 4.69) is 66.5 Å². The Hall–Kier alpha value is -14.5. The maximum absolute atomic E-state index is 14.9. The standard InChI is InChI=1S/C79H53N13O23S5/c93-69(39-11-2-1-3-12-39)67-61-49-19-4-6-21-51(49)71(95)65-55(27-25-53(63(61)65)85-73(67)97)82-42-23-29-58(119(108,109)110)41(33-42)35-60-87-75(90-78(88-60)114-44-14-9-17-47(37-44)117(102,103)104)80-31-32-81-76-89-77(92-79(91-76)115-45-15-10-18-48(38-45)118(105,106)107)83-43-24-30-59(120(111,112)113)57(36-43)84-56-28-26-54-64-62(50-20-5-7-22-52(50)72(96)66(56)64)68(74(98)86-54)70(94)40-13-8-16-46(34-40)116(99,100)101/h1-30,33-34,36-38,82,84H,31-32,35H2,(H,85,97)(H,86,98)(H,99,100,101)(H,102,103,104)(H,105,106,107)(H,108,109,110)(H,111,112,113)(H,80,87,88,90)(H2,81,83,89,91,92). The first-order valence-electron chi connectivity index (χ1n) is 35.1. The summed E-state index contributed by atoms with van der Waals surface area (Å²) in [6.07, 6.45) is -0.571. The molecule has 36 nitrogen and oxygen atoms in total. The number of hydrogen-bond donors (Lipinski definition) is 12. The van der Waals surface area contributed by atoms with Crippen molar-refractivity contribution in [1.82, 2.24) is 39.9 Å². The summed E-state index contributed by atoms with van der Waals surface area (Å²) in [5.74, 6) is -4.61. The number of ether oxygens (including phenoxy) is 2. The van der Waals surface area contributed by atoms with Gasteiger partial charge in [0.05, 0.1) is 58.9 Å². The maximum atomic E-state index is 14.9. The minimum Gasteiger partial charge on any atom is -0.424 e. The number of pyridine rings is 2. The molecule has 0 radical (unpaired) electrons. The topological polar surface area (TPSA) is 562 Å². The van der Waals surface area contributed by atoms with Gasteiger partial charge in [-0.1, -0.05) is 103 Å². The van der Waals surface area contributed by atoms with Crippen LogP contribution in [0, 0.1) is 0 Å². The molecule has 0 aliphatic heterocycles. The van der Waals surface area contributed by atoms with Crippen molar-refractivity contribution < 1.29 is 93.5 Å². The Morgan fingerprint density at radius 3 is 1.33 bits per heavy atom. The molecule has 0 saturated heterocycles. The molecule has 2 aliphatic carbocycles. The number of nitrogens with zero attached hydrogens (tertiary/aromatic N) is 6. The van der Waals surface area contributed by atoms with Crippen LogP contribution in [-0.2, 0) is 57.0 Å². The number of nitrogens with one attached hydrogen (secondary N) is 7. The number of carbonyl (C=O) groups excluding carboxylic acids is 4. The van der Waals surface area contributed by atoms with Gasteiger partial charge in [-0.05, 0) is 114 Å². The van der Waals surface area contributed by atoms with Crippen LogP contribution in [0.1, 0.15) is 75.1 Å². The monoisotopic (exact) mass is 1710 g/mol. The lowest BCUT2D eigenvalue weighted by Crippen LogP contribution is -2.24. The third kappa shape index (κ3) is 15.8. The fourth-order valence-electron chi connectivity index (χ4n) is 13.8. The van der Waals surface area contributed by atoms with E-state index in [9.17, 15) is 93.6 Å². The summed E-state index contributed by atoms with van der Waals surface area (Å²) >= 11 is 0. The second-order valence-corrected chi connectivity index (χ2v) is 33.7. The number of rotatable bonds is 26. The van der Waals surface area contributed by atoms with E-state index >= 15 is 0 Å². The largest absolute Gasteiger partial charge is 0.424 e. The summed E-state index contributed by atoms with van der Waals surface area (Å²) in [6.45, 7) is -0.437. The molecule has 0 unspecified atom stereocenters. The molecule has 4 aromatic heterocycles. The van der Waals surface area contributed by atoms with Gasteiger partial charge in [0.2, 0.25) is 17.8 Å². The van der Waals surface area contributed by atoms with Gasteiger partial charge < -0.3 is 46.0 Å². The van der Waals surface area contributed by atoms with Gasteiger partial charge in [-0.25, -0.2) is 0 Å². The van der Waals surface area contributed by atoms with Crippen molar-refractivity contribution in [2.24, 2.45) is 0 Å². The summed E-state index contributed by atoms with van der Waals surface area (Å²) in [5.41, 5.74) is -2.40. The molecule has 0 fully saturated rings. The zero-order chi connectivity index (χ0) is 84.6. The van der Waals surface area contributed by atoms with Crippen LogP contribution in [0.5, 0.6) is 23.5 Å². The average molecular weight is 1710 g/mol. The van der Waals surface area contributed by atoms with Crippen molar-refractivity contribution in [3.8, 4) is 45.8 Å². The lowest BCUT2D eigenvalue weighted by molar-refractivity contribution is 0.102. The molecule has 0 saturated carbocycles. The number of anilines is 8. The normalized spacial score (nSPS) is 12.5. The third-order valence-electron chi connectivity index (χ3n) is 18.9. The van der Waals surface area contributed by atoms with Crippen LogP contribution in [0.25, 0.3) is 44.1 Å². The second-order valence-electron chi connectivity index (χ2n) is 26.6. The van der Waals surface area contributed by atoms with Crippen LogP contribution >= 0.6 is 0 Å². The SMILES string of the molecule is O=C(c1ccccc1)c1c2c3c(c(Nc4ccc(S(=O)(=O)O)c(Cc5nc(NCCNc6nc(Nc7ccc(S(=O)(=O)O)c(Nc8ccc9[nH]c(=O)c(C(=O)c%10cccc(S(=O)(=O)O)c%10)c%10c9c8C(=O)c8ccccc8-%10)c7)nc(Oc7cccc(S(=O)(=O)O)c7)n6)nc(Oc6cccc(S(=O)(=O)O)c6)n5)c4)ccc3[nH]c1=O)C(=O)c1ccccc1-2. The first-order chi connectivity index (χ1) is 57.1. The van der Waals surface area contributed by atoms with Gasteiger partial charge in [0.15, 0.2) is 23.1 Å².